The summed E-state index contributed by atoms with van der Waals surface area (Å²) in [6.45, 7) is 3.51. The zero-order valence-corrected chi connectivity index (χ0v) is 15.9. The summed E-state index contributed by atoms with van der Waals surface area (Å²) in [7, 11) is -1.92. The van der Waals surface area contributed by atoms with E-state index in [0.29, 0.717) is 10.1 Å². The molecule has 1 aromatic heterocycles. The molecule has 1 amide bonds. The highest BCUT2D eigenvalue weighted by Crippen LogP contribution is 2.27. The van der Waals surface area contributed by atoms with Crippen LogP contribution in [0, 0.1) is 5.92 Å². The first-order chi connectivity index (χ1) is 11.7. The molecule has 1 atom stereocenters. The number of methoxy groups -OCH3 is 1. The summed E-state index contributed by atoms with van der Waals surface area (Å²) < 4.78 is 30.3. The minimum Gasteiger partial charge on any atom is -0.497 e. The maximum atomic E-state index is 12.3. The minimum atomic E-state index is -3.51. The first-order valence-corrected chi connectivity index (χ1v) is 10.2. The number of ether oxygens (including phenoxy) is 1. The molecule has 0 saturated heterocycles. The first-order valence-electron chi connectivity index (χ1n) is 7.45. The van der Waals surface area contributed by atoms with Crippen molar-refractivity contribution >= 4 is 32.4 Å². The molecule has 1 unspecified atom stereocenters. The number of aromatic nitrogens is 2. The van der Waals surface area contributed by atoms with E-state index >= 15 is 0 Å². The first kappa shape index (κ1) is 19.3. The summed E-state index contributed by atoms with van der Waals surface area (Å²) in [5.74, 6) is 0.0370. The van der Waals surface area contributed by atoms with E-state index in [-0.39, 0.29) is 5.92 Å². The molecule has 10 heteroatoms. The third kappa shape index (κ3) is 5.48. The average molecular weight is 384 g/mol. The molecule has 2 rings (SSSR count). The second-order valence-electron chi connectivity index (χ2n) is 5.74. The highest BCUT2D eigenvalue weighted by atomic mass is 32.2. The van der Waals surface area contributed by atoms with Gasteiger partial charge < -0.3 is 4.74 Å². The fraction of sp³-hybridized carbons (Fsp3) is 0.400. The van der Waals surface area contributed by atoms with Crippen LogP contribution in [-0.2, 0) is 14.8 Å². The molecule has 0 saturated carbocycles. The van der Waals surface area contributed by atoms with Crippen molar-refractivity contribution in [1.82, 2.24) is 14.9 Å². The van der Waals surface area contributed by atoms with Crippen molar-refractivity contribution < 1.29 is 17.9 Å². The van der Waals surface area contributed by atoms with Crippen molar-refractivity contribution in [1.29, 1.82) is 0 Å². The standard InChI is InChI=1S/C15H20N4O4S2/c1-9(2)12(19-25(4,21)22)13(20)16-15-18-17-14(24-15)10-5-7-11(23-3)8-6-10/h5-9,12,19H,1-4H3,(H,16,18,20). The number of nitrogens with one attached hydrogen (secondary N) is 2. The lowest BCUT2D eigenvalue weighted by Crippen LogP contribution is -2.46. The Labute approximate surface area is 150 Å². The summed E-state index contributed by atoms with van der Waals surface area (Å²) >= 11 is 1.20. The normalized spacial score (nSPS) is 12.8. The summed E-state index contributed by atoms with van der Waals surface area (Å²) in [6, 6.07) is 6.41. The predicted molar refractivity (Wildman–Crippen MR) is 97.1 cm³/mol. The number of rotatable bonds is 7. The van der Waals surface area contributed by atoms with Crippen LogP contribution in [0.4, 0.5) is 5.13 Å². The maximum absolute atomic E-state index is 12.3. The zero-order chi connectivity index (χ0) is 18.6. The molecule has 0 spiro atoms. The fourth-order valence-electron chi connectivity index (χ4n) is 2.03. The van der Waals surface area contributed by atoms with E-state index < -0.39 is 22.0 Å². The van der Waals surface area contributed by atoms with E-state index in [1.54, 1.807) is 33.1 Å². The van der Waals surface area contributed by atoms with Gasteiger partial charge in [0.05, 0.1) is 13.4 Å². The second kappa shape index (κ2) is 7.89. The Kier molecular flexibility index (Phi) is 6.09. The molecule has 2 aromatic rings. The molecule has 0 aliphatic heterocycles. The van der Waals surface area contributed by atoms with Gasteiger partial charge in [0.25, 0.3) is 0 Å². The largest absolute Gasteiger partial charge is 0.497 e. The van der Waals surface area contributed by atoms with Crippen LogP contribution in [0.5, 0.6) is 5.75 Å². The Morgan fingerprint density at radius 3 is 2.36 bits per heavy atom. The van der Waals surface area contributed by atoms with E-state index in [9.17, 15) is 13.2 Å². The lowest BCUT2D eigenvalue weighted by atomic mass is 10.1. The molecule has 1 aromatic carbocycles. The van der Waals surface area contributed by atoms with Crippen molar-refractivity contribution in [3.8, 4) is 16.3 Å². The number of carbonyl (C=O) groups is 1. The number of sulfonamides is 1. The molecule has 0 aliphatic carbocycles. The molecule has 0 fully saturated rings. The Balaban J connectivity index is 2.12. The minimum absolute atomic E-state index is 0.219. The van der Waals surface area contributed by atoms with Gasteiger partial charge in [-0.05, 0) is 30.2 Å². The highest BCUT2D eigenvalue weighted by molar-refractivity contribution is 7.88. The fourth-order valence-corrected chi connectivity index (χ4v) is 3.62. The van der Waals surface area contributed by atoms with E-state index in [1.807, 2.05) is 12.1 Å². The SMILES string of the molecule is COc1ccc(-c2nnc(NC(=O)C(NS(C)(=O)=O)C(C)C)s2)cc1. The molecule has 25 heavy (non-hydrogen) atoms. The molecular weight excluding hydrogens is 364 g/mol. The van der Waals surface area contributed by atoms with Gasteiger partial charge in [-0.2, -0.15) is 0 Å². The highest BCUT2D eigenvalue weighted by Gasteiger charge is 2.26. The summed E-state index contributed by atoms with van der Waals surface area (Å²) in [6.07, 6.45) is 1.02. The van der Waals surface area contributed by atoms with Gasteiger partial charge in [-0.1, -0.05) is 25.2 Å². The number of amides is 1. The van der Waals surface area contributed by atoms with Gasteiger partial charge in [0, 0.05) is 5.56 Å². The van der Waals surface area contributed by atoms with E-state index in [0.717, 1.165) is 17.6 Å². The van der Waals surface area contributed by atoms with Gasteiger partial charge in [0.2, 0.25) is 21.1 Å². The molecular formula is C15H20N4O4S2. The Morgan fingerprint density at radius 2 is 1.84 bits per heavy atom. The number of hydrogen-bond donors (Lipinski definition) is 2. The molecule has 0 radical (unpaired) electrons. The molecule has 0 bridgehead atoms. The smallest absolute Gasteiger partial charge is 0.244 e. The molecule has 2 N–H and O–H groups in total. The quantitative estimate of drug-likeness (QED) is 0.752. The Hall–Kier alpha value is -2.04. The van der Waals surface area contributed by atoms with E-state index in [1.165, 1.54) is 11.3 Å². The Morgan fingerprint density at radius 1 is 1.20 bits per heavy atom. The van der Waals surface area contributed by atoms with Crippen molar-refractivity contribution in [2.45, 2.75) is 19.9 Å². The third-order valence-electron chi connectivity index (χ3n) is 3.28. The van der Waals surface area contributed by atoms with Crippen LogP contribution in [0.3, 0.4) is 0 Å². The average Bonchev–Trinajstić information content (AvgIpc) is 3.00. The van der Waals surface area contributed by atoms with Crippen molar-refractivity contribution in [3.05, 3.63) is 24.3 Å². The molecule has 136 valence electrons. The topological polar surface area (TPSA) is 110 Å². The Bertz CT molecular complexity index is 831. The number of nitrogens with zero attached hydrogens (tertiary/aromatic N) is 2. The van der Waals surface area contributed by atoms with Crippen LogP contribution in [0.15, 0.2) is 24.3 Å². The summed E-state index contributed by atoms with van der Waals surface area (Å²) in [5, 5.41) is 11.5. The number of hydrogen-bond acceptors (Lipinski definition) is 7. The maximum Gasteiger partial charge on any atom is 0.244 e. The number of carbonyl (C=O) groups excluding carboxylic acids is 1. The molecule has 0 aliphatic rings. The van der Waals surface area contributed by atoms with Crippen molar-refractivity contribution in [2.24, 2.45) is 5.92 Å². The van der Waals surface area contributed by atoms with Crippen molar-refractivity contribution in [2.75, 3.05) is 18.7 Å². The van der Waals surface area contributed by atoms with Gasteiger partial charge in [0.1, 0.15) is 16.8 Å². The van der Waals surface area contributed by atoms with E-state index in [4.69, 9.17) is 4.74 Å². The molecule has 8 nitrogen and oxygen atoms in total. The van der Waals surface area contributed by atoms with Crippen LogP contribution in [0.2, 0.25) is 0 Å². The van der Waals surface area contributed by atoms with Gasteiger partial charge in [-0.25, -0.2) is 13.1 Å². The van der Waals surface area contributed by atoms with Crippen LogP contribution in [0.25, 0.3) is 10.6 Å². The predicted octanol–water partition coefficient (Wildman–Crippen LogP) is 1.73. The van der Waals surface area contributed by atoms with Crippen molar-refractivity contribution in [3.63, 3.8) is 0 Å². The number of anilines is 1. The number of benzene rings is 1. The van der Waals surface area contributed by atoms with Gasteiger partial charge in [0.15, 0.2) is 0 Å². The summed E-state index contributed by atoms with van der Waals surface area (Å²) in [4.78, 5) is 12.3. The monoisotopic (exact) mass is 384 g/mol. The van der Waals surface area contributed by atoms with Gasteiger partial charge in [-0.15, -0.1) is 10.2 Å². The van der Waals surface area contributed by atoms with Gasteiger partial charge >= 0.3 is 0 Å². The molecule has 1 heterocycles. The van der Waals surface area contributed by atoms with Crippen LogP contribution < -0.4 is 14.8 Å². The van der Waals surface area contributed by atoms with Gasteiger partial charge in [-0.3, -0.25) is 10.1 Å². The second-order valence-corrected chi connectivity index (χ2v) is 8.50. The van der Waals surface area contributed by atoms with Crippen LogP contribution in [0.1, 0.15) is 13.8 Å². The third-order valence-corrected chi connectivity index (χ3v) is 4.85. The summed E-state index contributed by atoms with van der Waals surface area (Å²) in [5.41, 5.74) is 0.841. The zero-order valence-electron chi connectivity index (χ0n) is 14.3. The lowest BCUT2D eigenvalue weighted by molar-refractivity contribution is -0.118. The van der Waals surface area contributed by atoms with Crippen LogP contribution in [-0.4, -0.2) is 43.9 Å². The van der Waals surface area contributed by atoms with Crippen LogP contribution >= 0.6 is 11.3 Å². The lowest BCUT2D eigenvalue weighted by Gasteiger charge is -2.19. The van der Waals surface area contributed by atoms with E-state index in [2.05, 4.69) is 20.2 Å².